The zero-order valence-corrected chi connectivity index (χ0v) is 18.0. The zero-order valence-electron chi connectivity index (χ0n) is 18.0. The minimum atomic E-state index is -0.954. The Balaban J connectivity index is 0.00000155. The Morgan fingerprint density at radius 1 is 1.17 bits per heavy atom. The third-order valence-electron chi connectivity index (χ3n) is 4.29. The Kier molecular flexibility index (Phi) is 9.15. The number of ether oxygens (including phenoxy) is 2. The van der Waals surface area contributed by atoms with Crippen molar-refractivity contribution in [2.24, 2.45) is 0 Å². The highest BCUT2D eigenvalue weighted by atomic mass is 16.5. The number of carboxylic acids is 1. The van der Waals surface area contributed by atoms with Gasteiger partial charge >= 0.3 is 5.97 Å². The van der Waals surface area contributed by atoms with Crippen LogP contribution < -0.4 is 9.64 Å². The molecule has 1 aromatic heterocycles. The fourth-order valence-electron chi connectivity index (χ4n) is 2.77. The molecule has 1 heterocycles. The highest BCUT2D eigenvalue weighted by Crippen LogP contribution is 2.20. The van der Waals surface area contributed by atoms with Gasteiger partial charge in [-0.3, -0.25) is 0 Å². The van der Waals surface area contributed by atoms with Crippen molar-refractivity contribution >= 4 is 23.1 Å². The van der Waals surface area contributed by atoms with Gasteiger partial charge in [0.2, 0.25) is 0 Å². The van der Waals surface area contributed by atoms with Crippen LogP contribution in [0.3, 0.4) is 0 Å². The largest absolute Gasteiger partial charge is 0.492 e. The van der Waals surface area contributed by atoms with Crippen molar-refractivity contribution in [1.29, 1.82) is 0 Å². The van der Waals surface area contributed by atoms with E-state index in [-0.39, 0.29) is 0 Å². The smallest absolute Gasteiger partial charge is 0.333 e. The maximum absolute atomic E-state index is 11.2. The van der Waals surface area contributed by atoms with Crippen LogP contribution in [0.4, 0.5) is 6.01 Å². The number of nitrogens with zero attached hydrogens (tertiary/aromatic N) is 2. The lowest BCUT2D eigenvalue weighted by atomic mass is 10.1. The van der Waals surface area contributed by atoms with E-state index < -0.39 is 12.1 Å². The lowest BCUT2D eigenvalue weighted by molar-refractivity contribution is -0.149. The Morgan fingerprint density at radius 3 is 2.50 bits per heavy atom. The van der Waals surface area contributed by atoms with Gasteiger partial charge in [-0.25, -0.2) is 4.79 Å². The van der Waals surface area contributed by atoms with E-state index in [0.29, 0.717) is 32.2 Å². The molecule has 2 aromatic carbocycles. The van der Waals surface area contributed by atoms with Crippen molar-refractivity contribution in [2.45, 2.75) is 33.3 Å². The molecule has 0 radical (unpaired) electrons. The number of aromatic nitrogens is 1. The molecule has 0 bridgehead atoms. The molecule has 1 unspecified atom stereocenters. The first-order valence-electron chi connectivity index (χ1n) is 10.2. The topological polar surface area (TPSA) is 85.0 Å². The molecule has 1 N–H and O–H groups in total. The van der Waals surface area contributed by atoms with Crippen LogP contribution in [0.1, 0.15) is 26.3 Å². The van der Waals surface area contributed by atoms with Crippen LogP contribution in [-0.4, -0.2) is 49.0 Å². The second-order valence-electron chi connectivity index (χ2n) is 6.36. The lowest BCUT2D eigenvalue weighted by Crippen LogP contribution is -2.26. The number of carbonyl (C=O) groups is 1. The summed E-state index contributed by atoms with van der Waals surface area (Å²) in [6.45, 7) is 7.22. The van der Waals surface area contributed by atoms with Gasteiger partial charge in [-0.05, 0) is 36.8 Å². The summed E-state index contributed by atoms with van der Waals surface area (Å²) in [4.78, 5) is 17.5. The van der Waals surface area contributed by atoms with Gasteiger partial charge in [0.05, 0.1) is 6.54 Å². The number of oxazole rings is 1. The van der Waals surface area contributed by atoms with Crippen molar-refractivity contribution in [3.63, 3.8) is 0 Å². The molecular weight excluding hydrogens is 384 g/mol. The summed E-state index contributed by atoms with van der Waals surface area (Å²) in [5.74, 6) is -0.234. The molecule has 0 saturated carbocycles. The normalized spacial score (nSPS) is 11.5. The standard InChI is InChI=1S/C21H24N2O5.C2H6/c1-3-26-19(20(24)25)14-15-8-10-16(11-9-15)27-13-12-23(2)21-22-17-6-4-5-7-18(17)28-21;1-2/h4-11,19H,3,12-14H2,1-2H3,(H,24,25);1-2H3. The van der Waals surface area contributed by atoms with Crippen molar-refractivity contribution in [3.05, 3.63) is 54.1 Å². The molecule has 0 spiro atoms. The van der Waals surface area contributed by atoms with Crippen molar-refractivity contribution in [1.82, 2.24) is 4.98 Å². The van der Waals surface area contributed by atoms with Gasteiger partial charge in [0, 0.05) is 20.1 Å². The Morgan fingerprint density at radius 2 is 1.87 bits per heavy atom. The monoisotopic (exact) mass is 414 g/mol. The van der Waals surface area contributed by atoms with Crippen LogP contribution in [0.2, 0.25) is 0 Å². The van der Waals surface area contributed by atoms with Crippen molar-refractivity contribution in [2.75, 3.05) is 31.7 Å². The third kappa shape index (κ3) is 6.49. The van der Waals surface area contributed by atoms with E-state index >= 15 is 0 Å². The first-order chi connectivity index (χ1) is 14.6. The predicted octanol–water partition coefficient (Wildman–Crippen LogP) is 4.40. The second-order valence-corrected chi connectivity index (χ2v) is 6.36. The van der Waals surface area contributed by atoms with E-state index in [9.17, 15) is 4.79 Å². The van der Waals surface area contributed by atoms with E-state index in [1.54, 1.807) is 6.92 Å². The molecule has 0 fully saturated rings. The summed E-state index contributed by atoms with van der Waals surface area (Å²) >= 11 is 0. The van der Waals surface area contributed by atoms with E-state index in [0.717, 1.165) is 22.4 Å². The van der Waals surface area contributed by atoms with Gasteiger partial charge in [0.1, 0.15) is 17.9 Å². The maximum atomic E-state index is 11.2. The number of likely N-dealkylation sites (N-methyl/N-ethyl adjacent to an activating group) is 1. The van der Waals surface area contributed by atoms with Gasteiger partial charge in [-0.1, -0.05) is 38.1 Å². The summed E-state index contributed by atoms with van der Waals surface area (Å²) in [5, 5.41) is 9.16. The molecule has 0 aliphatic heterocycles. The Labute approximate surface area is 177 Å². The maximum Gasteiger partial charge on any atom is 0.333 e. The summed E-state index contributed by atoms with van der Waals surface area (Å²) in [5.41, 5.74) is 2.47. The number of rotatable bonds is 10. The van der Waals surface area contributed by atoms with Crippen molar-refractivity contribution in [3.8, 4) is 5.75 Å². The van der Waals surface area contributed by atoms with E-state index in [1.165, 1.54) is 0 Å². The summed E-state index contributed by atoms with van der Waals surface area (Å²) in [7, 11) is 1.90. The minimum Gasteiger partial charge on any atom is -0.492 e. The number of para-hydroxylation sites is 2. The number of anilines is 1. The molecular formula is C23H30N2O5. The molecule has 3 aromatic rings. The van der Waals surface area contributed by atoms with Gasteiger partial charge in [0.15, 0.2) is 11.7 Å². The number of benzene rings is 2. The Hall–Kier alpha value is -3.06. The second kappa shape index (κ2) is 11.8. The zero-order chi connectivity index (χ0) is 21.9. The molecule has 0 aliphatic carbocycles. The molecule has 0 amide bonds. The fourth-order valence-corrected chi connectivity index (χ4v) is 2.77. The highest BCUT2D eigenvalue weighted by Gasteiger charge is 2.17. The minimum absolute atomic E-state index is 0.323. The van der Waals surface area contributed by atoms with E-state index in [4.69, 9.17) is 19.0 Å². The quantitative estimate of drug-likeness (QED) is 0.526. The summed E-state index contributed by atoms with van der Waals surface area (Å²) in [6.07, 6.45) is -0.508. The SMILES string of the molecule is CC.CCOC(Cc1ccc(OCCN(C)c2nc3ccccc3o2)cc1)C(=O)O. The van der Waals surface area contributed by atoms with Crippen LogP contribution in [0.5, 0.6) is 5.75 Å². The van der Waals surface area contributed by atoms with Gasteiger partial charge < -0.3 is 23.9 Å². The highest BCUT2D eigenvalue weighted by molar-refractivity contribution is 5.74. The fraction of sp³-hybridized carbons (Fsp3) is 0.391. The van der Waals surface area contributed by atoms with Crippen LogP contribution in [0, 0.1) is 0 Å². The van der Waals surface area contributed by atoms with Gasteiger partial charge in [-0.15, -0.1) is 0 Å². The number of aliphatic carboxylic acids is 1. The van der Waals surface area contributed by atoms with Crippen molar-refractivity contribution < 1.29 is 23.8 Å². The molecule has 162 valence electrons. The molecule has 30 heavy (non-hydrogen) atoms. The molecule has 3 rings (SSSR count). The Bertz CT molecular complexity index is 874. The third-order valence-corrected chi connectivity index (χ3v) is 4.29. The molecule has 0 aliphatic rings. The van der Waals surface area contributed by atoms with Crippen LogP contribution in [-0.2, 0) is 16.0 Å². The summed E-state index contributed by atoms with van der Waals surface area (Å²) < 4.78 is 16.7. The average Bonchev–Trinajstić information content (AvgIpc) is 3.20. The van der Waals surface area contributed by atoms with E-state index in [1.807, 2.05) is 74.3 Å². The van der Waals surface area contributed by atoms with Crippen LogP contribution >= 0.6 is 0 Å². The van der Waals surface area contributed by atoms with Gasteiger partial charge in [0.25, 0.3) is 6.01 Å². The number of carboxylic acid groups (broad SMARTS) is 1. The number of hydrogen-bond donors (Lipinski definition) is 1. The number of hydrogen-bond acceptors (Lipinski definition) is 6. The predicted molar refractivity (Wildman–Crippen MR) is 117 cm³/mol. The van der Waals surface area contributed by atoms with Crippen LogP contribution in [0.15, 0.2) is 52.9 Å². The van der Waals surface area contributed by atoms with Gasteiger partial charge in [-0.2, -0.15) is 4.98 Å². The molecule has 7 nitrogen and oxygen atoms in total. The lowest BCUT2D eigenvalue weighted by Gasteiger charge is -2.15. The van der Waals surface area contributed by atoms with E-state index in [2.05, 4.69) is 4.98 Å². The first-order valence-corrected chi connectivity index (χ1v) is 10.2. The van der Waals surface area contributed by atoms with Crippen LogP contribution in [0.25, 0.3) is 11.1 Å². The molecule has 7 heteroatoms. The number of fused-ring (bicyclic) bond motifs is 1. The first kappa shape index (κ1) is 23.2. The molecule has 1 atom stereocenters. The summed E-state index contributed by atoms with van der Waals surface area (Å²) in [6, 6.07) is 15.6. The molecule has 0 saturated heterocycles. The average molecular weight is 415 g/mol.